The van der Waals surface area contributed by atoms with Crippen molar-refractivity contribution in [3.63, 3.8) is 0 Å². The Morgan fingerprint density at radius 3 is 1.29 bits per heavy atom. The van der Waals surface area contributed by atoms with Crippen LogP contribution in [0.25, 0.3) is 111 Å². The molecule has 9 aromatic carbocycles. The van der Waals surface area contributed by atoms with E-state index < -0.39 is 0 Å². The standard InChI is InChI=1S/C58H38N4/c1-4-14-39(15-5-1)41-24-26-42(27-25-41)46-34-45(40-16-6-2-7-17-40)35-47(36-46)53-32-33-59-58(60-53)62-55-23-13-11-21-50(55)52-38-44(29-31-57(52)62)43-28-30-56-51(37-43)49-20-10-12-22-54(49)61(56)48-18-8-3-9-19-48/h1-38H. The number of hydrogen-bond donors (Lipinski definition) is 0. The van der Waals surface area contributed by atoms with E-state index >= 15 is 0 Å². The van der Waals surface area contributed by atoms with E-state index in [0.717, 1.165) is 66.6 Å². The molecule has 3 aromatic heterocycles. The molecule has 12 rings (SSSR count). The summed E-state index contributed by atoms with van der Waals surface area (Å²) in [6.45, 7) is 0. The molecule has 0 amide bonds. The van der Waals surface area contributed by atoms with E-state index in [4.69, 9.17) is 9.97 Å². The maximum atomic E-state index is 5.33. The first-order chi connectivity index (χ1) is 30.7. The molecule has 0 N–H and O–H groups in total. The predicted molar refractivity (Wildman–Crippen MR) is 258 cm³/mol. The molecule has 62 heavy (non-hydrogen) atoms. The smallest absolute Gasteiger partial charge is 0.235 e. The van der Waals surface area contributed by atoms with Crippen molar-refractivity contribution in [3.05, 3.63) is 231 Å². The van der Waals surface area contributed by atoms with Crippen LogP contribution in [-0.2, 0) is 0 Å². The number of fused-ring (bicyclic) bond motifs is 6. The summed E-state index contributed by atoms with van der Waals surface area (Å²) in [5.74, 6) is 0.635. The minimum absolute atomic E-state index is 0.635. The van der Waals surface area contributed by atoms with E-state index in [0.29, 0.717) is 5.95 Å². The molecule has 0 saturated carbocycles. The maximum Gasteiger partial charge on any atom is 0.235 e. The number of para-hydroxylation sites is 3. The van der Waals surface area contributed by atoms with E-state index in [-0.39, 0.29) is 0 Å². The summed E-state index contributed by atoms with van der Waals surface area (Å²) >= 11 is 0. The first-order valence-electron chi connectivity index (χ1n) is 21.1. The average Bonchev–Trinajstić information content (AvgIpc) is 3.87. The van der Waals surface area contributed by atoms with Crippen molar-refractivity contribution < 1.29 is 0 Å². The third kappa shape index (κ3) is 6.08. The molecule has 0 atom stereocenters. The molecule has 0 aliphatic rings. The van der Waals surface area contributed by atoms with Crippen molar-refractivity contribution in [2.75, 3.05) is 0 Å². The van der Waals surface area contributed by atoms with Crippen LogP contribution >= 0.6 is 0 Å². The van der Waals surface area contributed by atoms with E-state index in [1.807, 2.05) is 12.3 Å². The van der Waals surface area contributed by atoms with Gasteiger partial charge in [0, 0.05) is 39.0 Å². The molecule has 4 heteroatoms. The van der Waals surface area contributed by atoms with Crippen molar-refractivity contribution in [2.45, 2.75) is 0 Å². The summed E-state index contributed by atoms with van der Waals surface area (Å²) in [6, 6.07) is 80.3. The third-order valence-electron chi connectivity index (χ3n) is 12.2. The first kappa shape index (κ1) is 35.6. The lowest BCUT2D eigenvalue weighted by atomic mass is 9.94. The van der Waals surface area contributed by atoms with E-state index in [1.165, 1.54) is 38.5 Å². The number of benzene rings is 9. The van der Waals surface area contributed by atoms with E-state index in [9.17, 15) is 0 Å². The Balaban J connectivity index is 0.966. The molecule has 0 unspecified atom stereocenters. The SMILES string of the molecule is c1ccc(-c2ccc(-c3cc(-c4ccccc4)cc(-c4ccnc(-n5c6ccccc6c6cc(-c7ccc8c(c7)c7ccccc7n8-c7ccccc7)ccc65)n4)c3)cc2)cc1. The topological polar surface area (TPSA) is 35.6 Å². The van der Waals surface area contributed by atoms with Gasteiger partial charge in [-0.1, -0.05) is 152 Å². The van der Waals surface area contributed by atoms with Gasteiger partial charge in [0.25, 0.3) is 0 Å². The van der Waals surface area contributed by atoms with Crippen LogP contribution in [0.5, 0.6) is 0 Å². The zero-order valence-electron chi connectivity index (χ0n) is 33.7. The molecular weight excluding hydrogens is 753 g/mol. The number of nitrogens with zero attached hydrogens (tertiary/aromatic N) is 4. The van der Waals surface area contributed by atoms with Gasteiger partial charge in [0.15, 0.2) is 0 Å². The second-order valence-electron chi connectivity index (χ2n) is 15.9. The lowest BCUT2D eigenvalue weighted by Crippen LogP contribution is -2.01. The Bertz CT molecular complexity index is 3600. The fourth-order valence-corrected chi connectivity index (χ4v) is 9.22. The lowest BCUT2D eigenvalue weighted by molar-refractivity contribution is 0.992. The Hall–Kier alpha value is -8.34. The first-order valence-corrected chi connectivity index (χ1v) is 21.1. The van der Waals surface area contributed by atoms with Gasteiger partial charge in [0.2, 0.25) is 5.95 Å². The van der Waals surface area contributed by atoms with Crippen molar-refractivity contribution in [1.82, 2.24) is 19.1 Å². The summed E-state index contributed by atoms with van der Waals surface area (Å²) in [5.41, 5.74) is 16.9. The molecule has 0 spiro atoms. The van der Waals surface area contributed by atoms with E-state index in [2.05, 4.69) is 228 Å². The van der Waals surface area contributed by atoms with Crippen molar-refractivity contribution >= 4 is 43.6 Å². The van der Waals surface area contributed by atoms with Gasteiger partial charge in [-0.25, -0.2) is 9.97 Å². The zero-order valence-corrected chi connectivity index (χ0v) is 33.7. The monoisotopic (exact) mass is 790 g/mol. The van der Waals surface area contributed by atoms with Crippen LogP contribution in [0.4, 0.5) is 0 Å². The molecule has 0 fully saturated rings. The molecule has 3 heterocycles. The fourth-order valence-electron chi connectivity index (χ4n) is 9.22. The van der Waals surface area contributed by atoms with Gasteiger partial charge >= 0.3 is 0 Å². The molecule has 0 aliphatic heterocycles. The Kier molecular flexibility index (Phi) is 8.46. The highest BCUT2D eigenvalue weighted by atomic mass is 15.2. The van der Waals surface area contributed by atoms with Crippen LogP contribution in [0, 0.1) is 0 Å². The molecule has 12 aromatic rings. The Labute approximate surface area is 359 Å². The number of rotatable bonds is 7. The largest absolute Gasteiger partial charge is 0.309 e. The molecule has 4 nitrogen and oxygen atoms in total. The van der Waals surface area contributed by atoms with Gasteiger partial charge in [-0.2, -0.15) is 0 Å². The van der Waals surface area contributed by atoms with Crippen LogP contribution in [0.3, 0.4) is 0 Å². The van der Waals surface area contributed by atoms with Crippen LogP contribution in [-0.4, -0.2) is 19.1 Å². The molecule has 290 valence electrons. The van der Waals surface area contributed by atoms with Crippen molar-refractivity contribution in [1.29, 1.82) is 0 Å². The van der Waals surface area contributed by atoms with Gasteiger partial charge in [0.05, 0.1) is 27.8 Å². The quantitative estimate of drug-likeness (QED) is 0.161. The lowest BCUT2D eigenvalue weighted by Gasteiger charge is -2.13. The number of aromatic nitrogens is 4. The van der Waals surface area contributed by atoms with Crippen LogP contribution < -0.4 is 0 Å². The molecule has 0 radical (unpaired) electrons. The summed E-state index contributed by atoms with van der Waals surface area (Å²) < 4.78 is 4.57. The summed E-state index contributed by atoms with van der Waals surface area (Å²) in [6.07, 6.45) is 1.89. The maximum absolute atomic E-state index is 5.33. The van der Waals surface area contributed by atoms with Crippen LogP contribution in [0.1, 0.15) is 0 Å². The molecule has 0 bridgehead atoms. The van der Waals surface area contributed by atoms with Crippen molar-refractivity contribution in [3.8, 4) is 67.4 Å². The second kappa shape index (κ2) is 14.7. The Morgan fingerprint density at radius 1 is 0.274 bits per heavy atom. The highest BCUT2D eigenvalue weighted by molar-refractivity contribution is 6.12. The summed E-state index contributed by atoms with van der Waals surface area (Å²) in [5, 5.41) is 4.79. The highest BCUT2D eigenvalue weighted by Crippen LogP contribution is 2.39. The fraction of sp³-hybridized carbons (Fsp3) is 0. The summed E-state index contributed by atoms with van der Waals surface area (Å²) in [7, 11) is 0. The third-order valence-corrected chi connectivity index (χ3v) is 12.2. The van der Waals surface area contributed by atoms with Gasteiger partial charge in [0.1, 0.15) is 0 Å². The van der Waals surface area contributed by atoms with Crippen molar-refractivity contribution in [2.24, 2.45) is 0 Å². The minimum atomic E-state index is 0.635. The normalized spacial score (nSPS) is 11.5. The second-order valence-corrected chi connectivity index (χ2v) is 15.9. The van der Waals surface area contributed by atoms with E-state index in [1.54, 1.807) is 0 Å². The average molecular weight is 791 g/mol. The molecular formula is C58H38N4. The highest BCUT2D eigenvalue weighted by Gasteiger charge is 2.18. The molecule has 0 aliphatic carbocycles. The van der Waals surface area contributed by atoms with Crippen LogP contribution in [0.2, 0.25) is 0 Å². The Morgan fingerprint density at radius 2 is 0.694 bits per heavy atom. The van der Waals surface area contributed by atoms with Crippen LogP contribution in [0.15, 0.2) is 231 Å². The molecule has 0 saturated heterocycles. The predicted octanol–water partition coefficient (Wildman–Crippen LogP) is 15.0. The number of hydrogen-bond acceptors (Lipinski definition) is 2. The van der Waals surface area contributed by atoms with Gasteiger partial charge < -0.3 is 4.57 Å². The van der Waals surface area contributed by atoms with Gasteiger partial charge in [-0.15, -0.1) is 0 Å². The zero-order chi connectivity index (χ0) is 41.0. The van der Waals surface area contributed by atoms with Gasteiger partial charge in [-0.05, 0) is 117 Å². The minimum Gasteiger partial charge on any atom is -0.309 e. The van der Waals surface area contributed by atoms with Gasteiger partial charge in [-0.3, -0.25) is 4.57 Å². The summed E-state index contributed by atoms with van der Waals surface area (Å²) in [4.78, 5) is 10.3.